The number of aliphatic hydroxyl groups excluding tert-OH is 1. The Morgan fingerprint density at radius 2 is 1.84 bits per heavy atom. The van der Waals surface area contributed by atoms with Crippen LogP contribution in [-0.2, 0) is 6.18 Å². The number of hydrogen-bond acceptors (Lipinski definition) is 2. The molecule has 2 nitrogen and oxygen atoms in total. The van der Waals surface area contributed by atoms with Crippen LogP contribution >= 0.6 is 0 Å². The number of alkyl halides is 3. The lowest BCUT2D eigenvalue weighted by atomic mass is 9.97. The van der Waals surface area contributed by atoms with Crippen LogP contribution in [0.3, 0.4) is 0 Å². The van der Waals surface area contributed by atoms with E-state index in [1.54, 1.807) is 0 Å². The molecule has 108 valence electrons. The lowest BCUT2D eigenvalue weighted by Gasteiger charge is -2.21. The second kappa shape index (κ2) is 5.92. The first kappa shape index (κ1) is 16.0. The van der Waals surface area contributed by atoms with Crippen LogP contribution in [0.5, 0.6) is 0 Å². The third-order valence-electron chi connectivity index (χ3n) is 2.59. The summed E-state index contributed by atoms with van der Waals surface area (Å²) in [5.74, 6) is 0. The van der Waals surface area contributed by atoms with Crippen LogP contribution in [-0.4, -0.2) is 18.2 Å². The van der Waals surface area contributed by atoms with E-state index in [9.17, 15) is 18.3 Å². The summed E-state index contributed by atoms with van der Waals surface area (Å²) in [5, 5.41) is 12.9. The molecule has 1 rings (SSSR count). The highest BCUT2D eigenvalue weighted by atomic mass is 19.4. The molecule has 0 radical (unpaired) electrons. The van der Waals surface area contributed by atoms with E-state index >= 15 is 0 Å². The SMILES string of the molecule is CC(C)(C)CNCC(O)c1cccc(C(F)(F)F)c1. The summed E-state index contributed by atoms with van der Waals surface area (Å²) in [6.07, 6.45) is -5.32. The van der Waals surface area contributed by atoms with Crippen molar-refractivity contribution >= 4 is 0 Å². The number of benzene rings is 1. The van der Waals surface area contributed by atoms with Gasteiger partial charge in [0.25, 0.3) is 0 Å². The highest BCUT2D eigenvalue weighted by molar-refractivity contribution is 5.27. The van der Waals surface area contributed by atoms with Gasteiger partial charge >= 0.3 is 6.18 Å². The van der Waals surface area contributed by atoms with Crippen molar-refractivity contribution < 1.29 is 18.3 Å². The van der Waals surface area contributed by atoms with Crippen molar-refractivity contribution in [2.45, 2.75) is 33.1 Å². The lowest BCUT2D eigenvalue weighted by Crippen LogP contribution is -2.30. The predicted molar refractivity (Wildman–Crippen MR) is 68.7 cm³/mol. The smallest absolute Gasteiger partial charge is 0.387 e. The Balaban J connectivity index is 2.65. The van der Waals surface area contributed by atoms with E-state index in [1.165, 1.54) is 12.1 Å². The molecule has 0 amide bonds. The topological polar surface area (TPSA) is 32.3 Å². The molecule has 1 atom stereocenters. The number of halogens is 3. The number of nitrogens with one attached hydrogen (secondary N) is 1. The molecule has 5 heteroatoms. The predicted octanol–water partition coefficient (Wildman–Crippen LogP) is 3.37. The number of hydrogen-bond donors (Lipinski definition) is 2. The summed E-state index contributed by atoms with van der Waals surface area (Å²) in [6.45, 7) is 7.03. The van der Waals surface area contributed by atoms with Gasteiger partial charge in [0.05, 0.1) is 11.7 Å². The van der Waals surface area contributed by atoms with Crippen LogP contribution < -0.4 is 5.32 Å². The Hall–Kier alpha value is -1.07. The molecular weight excluding hydrogens is 255 g/mol. The van der Waals surface area contributed by atoms with E-state index in [-0.39, 0.29) is 17.5 Å². The highest BCUT2D eigenvalue weighted by Crippen LogP contribution is 2.30. The summed E-state index contributed by atoms with van der Waals surface area (Å²) < 4.78 is 37.6. The summed E-state index contributed by atoms with van der Waals surface area (Å²) in [4.78, 5) is 0. The molecule has 0 spiro atoms. The van der Waals surface area contributed by atoms with Crippen molar-refractivity contribution in [3.8, 4) is 0 Å². The quantitative estimate of drug-likeness (QED) is 0.883. The minimum atomic E-state index is -4.38. The molecule has 0 bridgehead atoms. The van der Waals surface area contributed by atoms with Gasteiger partial charge < -0.3 is 10.4 Å². The maximum Gasteiger partial charge on any atom is 0.416 e. The average Bonchev–Trinajstić information content (AvgIpc) is 2.26. The van der Waals surface area contributed by atoms with Crippen LogP contribution in [0, 0.1) is 5.41 Å². The molecule has 0 saturated carbocycles. The molecule has 0 aliphatic heterocycles. The van der Waals surface area contributed by atoms with Gasteiger partial charge in [-0.15, -0.1) is 0 Å². The molecule has 19 heavy (non-hydrogen) atoms. The van der Waals surface area contributed by atoms with Gasteiger partial charge in [-0.1, -0.05) is 32.9 Å². The second-order valence-electron chi connectivity index (χ2n) is 5.83. The van der Waals surface area contributed by atoms with E-state index in [1.807, 2.05) is 20.8 Å². The van der Waals surface area contributed by atoms with Gasteiger partial charge in [-0.3, -0.25) is 0 Å². The highest BCUT2D eigenvalue weighted by Gasteiger charge is 2.30. The van der Waals surface area contributed by atoms with Gasteiger partial charge in [0.15, 0.2) is 0 Å². The van der Waals surface area contributed by atoms with Crippen LogP contribution in [0.25, 0.3) is 0 Å². The molecule has 0 fully saturated rings. The molecule has 0 aliphatic rings. The monoisotopic (exact) mass is 275 g/mol. The molecule has 2 N–H and O–H groups in total. The van der Waals surface area contributed by atoms with Crippen molar-refractivity contribution in [1.29, 1.82) is 0 Å². The lowest BCUT2D eigenvalue weighted by molar-refractivity contribution is -0.137. The van der Waals surface area contributed by atoms with Crippen LogP contribution in [0.4, 0.5) is 13.2 Å². The standard InChI is InChI=1S/C14H20F3NO/c1-13(2,3)9-18-8-12(19)10-5-4-6-11(7-10)14(15,16)17/h4-7,12,18-19H,8-9H2,1-3H3. The zero-order chi connectivity index (χ0) is 14.7. The fourth-order valence-corrected chi connectivity index (χ4v) is 1.62. The van der Waals surface area contributed by atoms with E-state index in [2.05, 4.69) is 5.32 Å². The third kappa shape index (κ3) is 5.61. The normalized spacial score (nSPS) is 14.5. The van der Waals surface area contributed by atoms with Crippen molar-refractivity contribution in [2.75, 3.05) is 13.1 Å². The molecule has 0 saturated heterocycles. The summed E-state index contributed by atoms with van der Waals surface area (Å²) >= 11 is 0. The van der Waals surface area contributed by atoms with Crippen LogP contribution in [0.15, 0.2) is 24.3 Å². The van der Waals surface area contributed by atoms with Gasteiger partial charge in [0, 0.05) is 13.1 Å². The van der Waals surface area contributed by atoms with Crippen molar-refractivity contribution in [3.63, 3.8) is 0 Å². The van der Waals surface area contributed by atoms with Gasteiger partial charge in [0.1, 0.15) is 0 Å². The van der Waals surface area contributed by atoms with E-state index in [0.717, 1.165) is 12.1 Å². The maximum absolute atomic E-state index is 12.5. The summed E-state index contributed by atoms with van der Waals surface area (Å²) in [5.41, 5.74) is -0.399. The Kier molecular flexibility index (Phi) is 4.98. The van der Waals surface area contributed by atoms with Crippen molar-refractivity contribution in [2.24, 2.45) is 5.41 Å². The molecular formula is C14H20F3NO. The minimum Gasteiger partial charge on any atom is -0.387 e. The molecule has 1 aromatic rings. The molecule has 0 aliphatic carbocycles. The van der Waals surface area contributed by atoms with Gasteiger partial charge in [-0.05, 0) is 23.1 Å². The zero-order valence-electron chi connectivity index (χ0n) is 11.4. The maximum atomic E-state index is 12.5. The Labute approximate surface area is 111 Å². The Morgan fingerprint density at radius 1 is 1.21 bits per heavy atom. The first-order valence-corrected chi connectivity index (χ1v) is 6.15. The third-order valence-corrected chi connectivity index (χ3v) is 2.59. The van der Waals surface area contributed by atoms with Crippen molar-refractivity contribution in [3.05, 3.63) is 35.4 Å². The van der Waals surface area contributed by atoms with Gasteiger partial charge in [0.2, 0.25) is 0 Å². The average molecular weight is 275 g/mol. The fraction of sp³-hybridized carbons (Fsp3) is 0.571. The molecule has 0 heterocycles. The summed E-state index contributed by atoms with van der Waals surface area (Å²) in [7, 11) is 0. The van der Waals surface area contributed by atoms with Crippen LogP contribution in [0.1, 0.15) is 38.0 Å². The first-order valence-electron chi connectivity index (χ1n) is 6.15. The Bertz CT molecular complexity index is 410. The Morgan fingerprint density at radius 3 is 2.37 bits per heavy atom. The molecule has 0 aromatic heterocycles. The van der Waals surface area contributed by atoms with Crippen LogP contribution in [0.2, 0.25) is 0 Å². The van der Waals surface area contributed by atoms with E-state index < -0.39 is 17.8 Å². The second-order valence-corrected chi connectivity index (χ2v) is 5.83. The number of rotatable bonds is 4. The number of aliphatic hydroxyl groups is 1. The molecule has 1 aromatic carbocycles. The fourth-order valence-electron chi connectivity index (χ4n) is 1.62. The largest absolute Gasteiger partial charge is 0.416 e. The van der Waals surface area contributed by atoms with E-state index in [4.69, 9.17) is 0 Å². The van der Waals surface area contributed by atoms with Gasteiger partial charge in [-0.2, -0.15) is 13.2 Å². The van der Waals surface area contributed by atoms with E-state index in [0.29, 0.717) is 6.54 Å². The summed E-state index contributed by atoms with van der Waals surface area (Å²) in [6, 6.07) is 4.80. The first-order chi connectivity index (χ1) is 8.59. The molecule has 1 unspecified atom stereocenters. The van der Waals surface area contributed by atoms with Gasteiger partial charge in [-0.25, -0.2) is 0 Å². The van der Waals surface area contributed by atoms with Crippen molar-refractivity contribution in [1.82, 2.24) is 5.32 Å². The minimum absolute atomic E-state index is 0.0630. The zero-order valence-corrected chi connectivity index (χ0v) is 11.4.